The number of nitrogens with zero attached hydrogens (tertiary/aromatic N) is 2. The summed E-state index contributed by atoms with van der Waals surface area (Å²) in [4.78, 5) is 30.1. The fraction of sp³-hybridized carbons (Fsp3) is 0.417. The monoisotopic (exact) mass is 436 g/mol. The standard InChI is InChI=1S/C24H24N2O4S/c1-13-7-16-14(2)10-23(3,4)26-21(16)17(8-13)24(22(26)28)25(20(27)11-31-24)15-5-6-18-19(9-15)30-12-29-18/h5-9,14H,10-12H2,1-4H3/t14-,24-/m1/s1. The van der Waals surface area contributed by atoms with Gasteiger partial charge in [-0.25, -0.2) is 0 Å². The Balaban J connectivity index is 1.61. The van der Waals surface area contributed by atoms with Gasteiger partial charge in [0.25, 0.3) is 5.91 Å². The van der Waals surface area contributed by atoms with Crippen molar-refractivity contribution in [3.8, 4) is 11.5 Å². The Morgan fingerprint density at radius 2 is 1.84 bits per heavy atom. The Bertz CT molecular complexity index is 1180. The van der Waals surface area contributed by atoms with Crippen LogP contribution in [0.4, 0.5) is 11.4 Å². The van der Waals surface area contributed by atoms with Gasteiger partial charge in [0.15, 0.2) is 11.5 Å². The number of hydrogen-bond donors (Lipinski definition) is 0. The quantitative estimate of drug-likeness (QED) is 0.668. The summed E-state index contributed by atoms with van der Waals surface area (Å²) in [5, 5.41) is 0. The van der Waals surface area contributed by atoms with E-state index in [0.29, 0.717) is 23.1 Å². The van der Waals surface area contributed by atoms with Crippen LogP contribution in [0.2, 0.25) is 0 Å². The van der Waals surface area contributed by atoms with E-state index >= 15 is 0 Å². The van der Waals surface area contributed by atoms with Crippen molar-refractivity contribution in [2.45, 2.75) is 50.4 Å². The summed E-state index contributed by atoms with van der Waals surface area (Å²) >= 11 is 1.43. The number of carbonyl (C=O) groups excluding carboxylic acids is 2. The van der Waals surface area contributed by atoms with E-state index in [1.165, 1.54) is 17.3 Å². The van der Waals surface area contributed by atoms with Crippen LogP contribution in [0.3, 0.4) is 0 Å². The molecule has 0 bridgehead atoms. The van der Waals surface area contributed by atoms with Crippen molar-refractivity contribution in [1.29, 1.82) is 0 Å². The lowest BCUT2D eigenvalue weighted by Crippen LogP contribution is -2.56. The first-order chi connectivity index (χ1) is 14.7. The van der Waals surface area contributed by atoms with Gasteiger partial charge in [-0.05, 0) is 50.8 Å². The molecule has 1 spiro atoms. The molecule has 6 nitrogen and oxygen atoms in total. The van der Waals surface area contributed by atoms with Crippen LogP contribution in [0.25, 0.3) is 0 Å². The maximum absolute atomic E-state index is 14.3. The molecule has 1 saturated heterocycles. The number of benzene rings is 2. The molecular formula is C24H24N2O4S. The number of rotatable bonds is 1. The van der Waals surface area contributed by atoms with Crippen molar-refractivity contribution in [1.82, 2.24) is 0 Å². The minimum atomic E-state index is -1.10. The zero-order chi connectivity index (χ0) is 21.7. The highest BCUT2D eigenvalue weighted by Gasteiger charge is 2.64. The van der Waals surface area contributed by atoms with Crippen LogP contribution < -0.4 is 19.3 Å². The van der Waals surface area contributed by atoms with Gasteiger partial charge in [-0.1, -0.05) is 24.6 Å². The molecule has 0 saturated carbocycles. The number of carbonyl (C=O) groups is 2. The summed E-state index contributed by atoms with van der Waals surface area (Å²) in [6, 6.07) is 9.76. The first kappa shape index (κ1) is 19.0. The summed E-state index contributed by atoms with van der Waals surface area (Å²) < 4.78 is 11.0. The Kier molecular flexibility index (Phi) is 3.67. The maximum atomic E-state index is 14.3. The van der Waals surface area contributed by atoms with E-state index in [-0.39, 0.29) is 29.9 Å². The van der Waals surface area contributed by atoms with Gasteiger partial charge in [0.1, 0.15) is 0 Å². The highest BCUT2D eigenvalue weighted by Crippen LogP contribution is 2.61. The van der Waals surface area contributed by atoms with Gasteiger partial charge in [-0.2, -0.15) is 0 Å². The molecule has 2 atom stereocenters. The van der Waals surface area contributed by atoms with Crippen molar-refractivity contribution in [2.24, 2.45) is 0 Å². The molecule has 2 aromatic rings. The van der Waals surface area contributed by atoms with Crippen molar-refractivity contribution in [3.63, 3.8) is 0 Å². The summed E-state index contributed by atoms with van der Waals surface area (Å²) in [6.45, 7) is 8.71. The van der Waals surface area contributed by atoms with Crippen LogP contribution in [-0.4, -0.2) is 29.9 Å². The van der Waals surface area contributed by atoms with Gasteiger partial charge >= 0.3 is 0 Å². The molecule has 4 heterocycles. The number of aryl methyl sites for hydroxylation is 1. The second-order valence-electron chi connectivity index (χ2n) is 9.51. The van der Waals surface area contributed by atoms with Gasteiger partial charge in [-0.15, -0.1) is 11.8 Å². The molecule has 0 aromatic heterocycles. The number of ether oxygens (including phenoxy) is 2. The average molecular weight is 437 g/mol. The minimum Gasteiger partial charge on any atom is -0.454 e. The van der Waals surface area contributed by atoms with Gasteiger partial charge in [0, 0.05) is 22.9 Å². The molecule has 1 fully saturated rings. The zero-order valence-corrected chi connectivity index (χ0v) is 18.8. The van der Waals surface area contributed by atoms with Crippen molar-refractivity contribution < 1.29 is 19.1 Å². The topological polar surface area (TPSA) is 59.1 Å². The molecule has 6 rings (SSSR count). The Hall–Kier alpha value is -2.67. The molecule has 4 aliphatic rings. The summed E-state index contributed by atoms with van der Waals surface area (Å²) in [5.74, 6) is 1.75. The first-order valence-corrected chi connectivity index (χ1v) is 11.6. The molecular weight excluding hydrogens is 412 g/mol. The molecule has 31 heavy (non-hydrogen) atoms. The van der Waals surface area contributed by atoms with Crippen LogP contribution in [0.15, 0.2) is 30.3 Å². The van der Waals surface area contributed by atoms with Crippen molar-refractivity contribution >= 4 is 35.0 Å². The van der Waals surface area contributed by atoms with Crippen LogP contribution in [-0.2, 0) is 14.5 Å². The second-order valence-corrected chi connectivity index (χ2v) is 10.7. The van der Waals surface area contributed by atoms with E-state index in [2.05, 4.69) is 39.8 Å². The van der Waals surface area contributed by atoms with E-state index < -0.39 is 4.87 Å². The van der Waals surface area contributed by atoms with Crippen LogP contribution in [0, 0.1) is 6.92 Å². The highest BCUT2D eigenvalue weighted by atomic mass is 32.2. The molecule has 0 unspecified atom stereocenters. The molecule has 7 heteroatoms. The van der Waals surface area contributed by atoms with Crippen LogP contribution in [0.5, 0.6) is 11.5 Å². The van der Waals surface area contributed by atoms with Gasteiger partial charge in [0.2, 0.25) is 17.6 Å². The number of amides is 2. The predicted molar refractivity (Wildman–Crippen MR) is 120 cm³/mol. The largest absolute Gasteiger partial charge is 0.454 e. The number of anilines is 2. The number of fused-ring (bicyclic) bond motifs is 2. The normalized spacial score (nSPS) is 27.4. The SMILES string of the molecule is Cc1cc2c3c(c1)[C@@]1(SCC(=O)N1c1ccc4c(c1)OCO4)C(=O)N3C(C)(C)C[C@H]2C. The van der Waals surface area contributed by atoms with Gasteiger partial charge < -0.3 is 14.4 Å². The molecule has 160 valence electrons. The molecule has 0 N–H and O–H groups in total. The zero-order valence-electron chi connectivity index (χ0n) is 18.0. The van der Waals surface area contributed by atoms with Crippen LogP contribution >= 0.6 is 11.8 Å². The number of hydrogen-bond acceptors (Lipinski definition) is 5. The fourth-order valence-corrected chi connectivity index (χ4v) is 7.09. The smallest absolute Gasteiger partial charge is 0.269 e. The fourth-order valence-electron chi connectivity index (χ4n) is 5.76. The van der Waals surface area contributed by atoms with E-state index in [1.54, 1.807) is 4.90 Å². The molecule has 0 aliphatic carbocycles. The third kappa shape index (κ3) is 2.30. The Morgan fingerprint density at radius 3 is 2.65 bits per heavy atom. The van der Waals surface area contributed by atoms with Crippen LogP contribution in [0.1, 0.15) is 49.8 Å². The minimum absolute atomic E-state index is 0.0280. The Morgan fingerprint density at radius 1 is 1.06 bits per heavy atom. The summed E-state index contributed by atoms with van der Waals surface area (Å²) in [5.41, 5.74) is 4.57. The van der Waals surface area contributed by atoms with Gasteiger partial charge in [-0.3, -0.25) is 14.5 Å². The Labute approximate surface area is 185 Å². The van der Waals surface area contributed by atoms with Crippen molar-refractivity contribution in [3.05, 3.63) is 47.0 Å². The van der Waals surface area contributed by atoms with E-state index in [0.717, 1.165) is 23.2 Å². The van der Waals surface area contributed by atoms with E-state index in [1.807, 2.05) is 23.1 Å². The van der Waals surface area contributed by atoms with Gasteiger partial charge in [0.05, 0.1) is 11.4 Å². The summed E-state index contributed by atoms with van der Waals surface area (Å²) in [6.07, 6.45) is 0.882. The lowest BCUT2D eigenvalue weighted by Gasteiger charge is -2.44. The third-order valence-electron chi connectivity index (χ3n) is 6.89. The average Bonchev–Trinajstić information content (AvgIpc) is 3.37. The van der Waals surface area contributed by atoms with Crippen molar-refractivity contribution in [2.75, 3.05) is 22.3 Å². The highest BCUT2D eigenvalue weighted by molar-refractivity contribution is 8.02. The predicted octanol–water partition coefficient (Wildman–Crippen LogP) is 4.29. The summed E-state index contributed by atoms with van der Waals surface area (Å²) in [7, 11) is 0. The molecule has 2 amide bonds. The molecule has 0 radical (unpaired) electrons. The van der Waals surface area contributed by atoms with E-state index in [4.69, 9.17) is 9.47 Å². The number of thioether (sulfide) groups is 1. The lowest BCUT2D eigenvalue weighted by molar-refractivity contribution is -0.124. The second kappa shape index (κ2) is 5.97. The van der Waals surface area contributed by atoms with E-state index in [9.17, 15) is 9.59 Å². The molecule has 4 aliphatic heterocycles. The first-order valence-electron chi connectivity index (χ1n) is 10.6. The lowest BCUT2D eigenvalue weighted by atomic mass is 9.80. The maximum Gasteiger partial charge on any atom is 0.269 e. The third-order valence-corrected chi connectivity index (χ3v) is 8.28. The molecule has 2 aromatic carbocycles.